The van der Waals surface area contributed by atoms with Gasteiger partial charge in [-0.3, -0.25) is 4.79 Å². The van der Waals surface area contributed by atoms with Gasteiger partial charge in [-0.15, -0.1) is 22.7 Å². The predicted octanol–water partition coefficient (Wildman–Crippen LogP) is 6.45. The molecule has 0 bridgehead atoms. The van der Waals surface area contributed by atoms with Gasteiger partial charge in [-0.2, -0.15) is 0 Å². The summed E-state index contributed by atoms with van der Waals surface area (Å²) in [5.74, 6) is 0.879. The molecule has 3 rings (SSSR count). The third-order valence-electron chi connectivity index (χ3n) is 4.40. The number of carbonyl (C=O) groups is 1. The van der Waals surface area contributed by atoms with Crippen LogP contribution in [0, 0.1) is 19.3 Å². The number of hydrogen-bond acceptors (Lipinski definition) is 7. The number of benzene rings is 1. The first kappa shape index (κ1) is 21.7. The number of hydrogen-bond donors (Lipinski definition) is 1. The van der Waals surface area contributed by atoms with Gasteiger partial charge in [0, 0.05) is 15.3 Å². The fraction of sp³-hybridized carbons (Fsp3) is 0.381. The van der Waals surface area contributed by atoms with E-state index in [-0.39, 0.29) is 11.2 Å². The van der Waals surface area contributed by atoms with Crippen molar-refractivity contribution in [2.24, 2.45) is 5.41 Å². The molecular weight excluding hydrogens is 426 g/mol. The molecule has 2 heterocycles. The topological polar surface area (TPSA) is 64.1 Å². The highest BCUT2D eigenvalue weighted by atomic mass is 35.5. The second kappa shape index (κ2) is 8.42. The molecule has 1 aromatic carbocycles. The lowest BCUT2D eigenvalue weighted by Crippen LogP contribution is -2.21. The molecule has 0 aliphatic rings. The fourth-order valence-electron chi connectivity index (χ4n) is 2.70. The Kier molecular flexibility index (Phi) is 6.31. The van der Waals surface area contributed by atoms with Crippen LogP contribution in [0.25, 0.3) is 10.6 Å². The van der Waals surface area contributed by atoms with Crippen LogP contribution < -0.4 is 10.1 Å². The number of Topliss-reactive ketones (excluding diaryl/α,β-unsaturated/α-hetero) is 1. The Morgan fingerprint density at radius 2 is 1.93 bits per heavy atom. The van der Waals surface area contributed by atoms with Crippen LogP contribution in [0.2, 0.25) is 5.02 Å². The zero-order chi connectivity index (χ0) is 21.3. The van der Waals surface area contributed by atoms with Crippen LogP contribution in [0.1, 0.15) is 36.3 Å². The van der Waals surface area contributed by atoms with Crippen molar-refractivity contribution in [3.8, 4) is 16.3 Å². The van der Waals surface area contributed by atoms with E-state index in [4.69, 9.17) is 21.3 Å². The van der Waals surface area contributed by atoms with E-state index in [0.29, 0.717) is 17.2 Å². The van der Waals surface area contributed by atoms with E-state index < -0.39 is 0 Å². The molecule has 8 heteroatoms. The molecule has 5 nitrogen and oxygen atoms in total. The smallest absolute Gasteiger partial charge is 0.188 e. The number of anilines is 2. The third-order valence-corrected chi connectivity index (χ3v) is 6.69. The Hall–Kier alpha value is -1.96. The standard InChI is InChI=1S/C21H24ClN3O2S2/c1-11-19(29-17(23-11)10-16(26)21(3,4)5)18-12(2)28-20(25-18)24-14-9-13(22)7-8-15(14)27-6/h7-9H,10H2,1-6H3,(H,24,25). The highest BCUT2D eigenvalue weighted by Crippen LogP contribution is 2.39. The lowest BCUT2D eigenvalue weighted by atomic mass is 9.89. The molecule has 0 saturated carbocycles. The quantitative estimate of drug-likeness (QED) is 0.468. The number of thiazole rings is 2. The van der Waals surface area contributed by atoms with Crippen LogP contribution >= 0.6 is 34.3 Å². The van der Waals surface area contributed by atoms with Crippen molar-refractivity contribution in [3.05, 3.63) is 38.8 Å². The van der Waals surface area contributed by atoms with Crippen molar-refractivity contribution in [2.75, 3.05) is 12.4 Å². The van der Waals surface area contributed by atoms with Gasteiger partial charge in [0.1, 0.15) is 16.5 Å². The first-order chi connectivity index (χ1) is 13.6. The number of methoxy groups -OCH3 is 1. The number of aryl methyl sites for hydroxylation is 2. The van der Waals surface area contributed by atoms with Crippen molar-refractivity contribution in [1.29, 1.82) is 0 Å². The Labute approximate surface area is 184 Å². The van der Waals surface area contributed by atoms with Gasteiger partial charge in [0.05, 0.1) is 35.5 Å². The van der Waals surface area contributed by atoms with E-state index in [1.165, 1.54) is 11.3 Å². The SMILES string of the molecule is COc1ccc(Cl)cc1Nc1nc(-c2sc(CC(=O)C(C)(C)C)nc2C)c(C)s1. The average Bonchev–Trinajstić information content (AvgIpc) is 3.16. The van der Waals surface area contributed by atoms with Crippen molar-refractivity contribution in [3.63, 3.8) is 0 Å². The van der Waals surface area contributed by atoms with Crippen molar-refractivity contribution in [1.82, 2.24) is 9.97 Å². The van der Waals surface area contributed by atoms with E-state index in [2.05, 4.69) is 10.3 Å². The van der Waals surface area contributed by atoms with Crippen LogP contribution in [0.4, 0.5) is 10.8 Å². The fourth-order valence-corrected chi connectivity index (χ4v) is 4.88. The minimum Gasteiger partial charge on any atom is -0.495 e. The molecule has 0 unspecified atom stereocenters. The molecule has 0 amide bonds. The Balaban J connectivity index is 1.88. The summed E-state index contributed by atoms with van der Waals surface area (Å²) in [5.41, 5.74) is 2.18. The lowest BCUT2D eigenvalue weighted by Gasteiger charge is -2.15. The molecule has 0 fully saturated rings. The molecule has 154 valence electrons. The maximum atomic E-state index is 12.4. The number of ketones is 1. The monoisotopic (exact) mass is 449 g/mol. The number of nitrogens with one attached hydrogen (secondary N) is 1. The molecular formula is C21H24ClN3O2S2. The summed E-state index contributed by atoms with van der Waals surface area (Å²) in [4.78, 5) is 23.8. The van der Waals surface area contributed by atoms with Crippen LogP contribution in [0.5, 0.6) is 5.75 Å². The molecule has 0 spiro atoms. The largest absolute Gasteiger partial charge is 0.495 e. The summed E-state index contributed by atoms with van der Waals surface area (Å²) in [7, 11) is 1.62. The normalized spacial score (nSPS) is 11.6. The zero-order valence-corrected chi connectivity index (χ0v) is 19.7. The zero-order valence-electron chi connectivity index (χ0n) is 17.3. The summed E-state index contributed by atoms with van der Waals surface area (Å²) < 4.78 is 5.40. The van der Waals surface area contributed by atoms with Crippen molar-refractivity contribution >= 4 is 50.9 Å². The average molecular weight is 450 g/mol. The summed E-state index contributed by atoms with van der Waals surface area (Å²) >= 11 is 9.22. The number of ether oxygens (including phenoxy) is 1. The highest BCUT2D eigenvalue weighted by molar-refractivity contribution is 7.18. The van der Waals surface area contributed by atoms with Gasteiger partial charge in [-0.1, -0.05) is 32.4 Å². The molecule has 0 saturated heterocycles. The minimum atomic E-state index is -0.372. The van der Waals surface area contributed by atoms with Crippen molar-refractivity contribution < 1.29 is 9.53 Å². The van der Waals surface area contributed by atoms with Crippen LogP contribution in [0.15, 0.2) is 18.2 Å². The Bertz CT molecular complexity index is 1050. The summed E-state index contributed by atoms with van der Waals surface area (Å²) in [6.07, 6.45) is 0.350. The minimum absolute atomic E-state index is 0.184. The molecule has 0 aliphatic heterocycles. The predicted molar refractivity (Wildman–Crippen MR) is 122 cm³/mol. The van der Waals surface area contributed by atoms with Crippen molar-refractivity contribution in [2.45, 2.75) is 41.0 Å². The van der Waals surface area contributed by atoms with E-state index in [1.807, 2.05) is 46.8 Å². The second-order valence-electron chi connectivity index (χ2n) is 7.77. The summed E-state index contributed by atoms with van der Waals surface area (Å²) in [5, 5.41) is 5.50. The molecule has 2 aromatic heterocycles. The van der Waals surface area contributed by atoms with E-state index in [1.54, 1.807) is 24.5 Å². The van der Waals surface area contributed by atoms with Gasteiger partial charge >= 0.3 is 0 Å². The van der Waals surface area contributed by atoms with Gasteiger partial charge in [0.15, 0.2) is 5.13 Å². The first-order valence-electron chi connectivity index (χ1n) is 9.16. The highest BCUT2D eigenvalue weighted by Gasteiger charge is 2.24. The molecule has 0 radical (unpaired) electrons. The molecule has 29 heavy (non-hydrogen) atoms. The Morgan fingerprint density at radius 1 is 1.21 bits per heavy atom. The third kappa shape index (κ3) is 4.97. The van der Waals surface area contributed by atoms with Gasteiger partial charge < -0.3 is 10.1 Å². The maximum Gasteiger partial charge on any atom is 0.188 e. The summed E-state index contributed by atoms with van der Waals surface area (Å²) in [6, 6.07) is 5.41. The Morgan fingerprint density at radius 3 is 2.59 bits per heavy atom. The number of carbonyl (C=O) groups excluding carboxylic acids is 1. The van der Waals surface area contributed by atoms with E-state index in [0.717, 1.165) is 37.0 Å². The molecule has 1 N–H and O–H groups in total. The number of halogens is 1. The number of aromatic nitrogens is 2. The van der Waals surface area contributed by atoms with Crippen LogP contribution in [-0.2, 0) is 11.2 Å². The van der Waals surface area contributed by atoms with E-state index in [9.17, 15) is 4.79 Å². The lowest BCUT2D eigenvalue weighted by molar-refractivity contribution is -0.125. The maximum absolute atomic E-state index is 12.4. The molecule has 3 aromatic rings. The van der Waals surface area contributed by atoms with Gasteiger partial charge in [0.25, 0.3) is 0 Å². The van der Waals surface area contributed by atoms with E-state index >= 15 is 0 Å². The van der Waals surface area contributed by atoms with Crippen LogP contribution in [-0.4, -0.2) is 22.9 Å². The number of rotatable bonds is 6. The van der Waals surface area contributed by atoms with Gasteiger partial charge in [-0.05, 0) is 32.0 Å². The molecule has 0 aliphatic carbocycles. The summed E-state index contributed by atoms with van der Waals surface area (Å²) in [6.45, 7) is 9.80. The number of nitrogens with zero attached hydrogens (tertiary/aromatic N) is 2. The van der Waals surface area contributed by atoms with Gasteiger partial charge in [-0.25, -0.2) is 9.97 Å². The molecule has 0 atom stereocenters. The van der Waals surface area contributed by atoms with Gasteiger partial charge in [0.2, 0.25) is 0 Å². The first-order valence-corrected chi connectivity index (χ1v) is 11.2. The van der Waals surface area contributed by atoms with Crippen LogP contribution in [0.3, 0.4) is 0 Å². The second-order valence-corrected chi connectivity index (χ2v) is 10.5.